The van der Waals surface area contributed by atoms with E-state index in [0.717, 1.165) is 19.5 Å². The summed E-state index contributed by atoms with van der Waals surface area (Å²) >= 11 is 1.71. The number of carbonyl (C=O) groups is 1. The Morgan fingerprint density at radius 2 is 1.88 bits per heavy atom. The average molecular weight is 251 g/mol. The predicted octanol–water partition coefficient (Wildman–Crippen LogP) is 3.47. The van der Waals surface area contributed by atoms with Crippen LogP contribution in [0.2, 0.25) is 0 Å². The summed E-state index contributed by atoms with van der Waals surface area (Å²) in [5.41, 5.74) is 1.30. The lowest BCUT2D eigenvalue weighted by Gasteiger charge is -2.24. The van der Waals surface area contributed by atoms with Crippen molar-refractivity contribution in [2.45, 2.75) is 44.9 Å². The third-order valence-electron chi connectivity index (χ3n) is 3.42. The summed E-state index contributed by atoms with van der Waals surface area (Å²) in [6.07, 6.45) is 7.86. The summed E-state index contributed by atoms with van der Waals surface area (Å²) in [5, 5.41) is 4.22. The molecule has 0 saturated carbocycles. The molecule has 1 aromatic rings. The monoisotopic (exact) mass is 251 g/mol. The Labute approximate surface area is 108 Å². The molecule has 0 radical (unpaired) electrons. The maximum atomic E-state index is 12.1. The summed E-state index contributed by atoms with van der Waals surface area (Å²) in [6, 6.07) is 2.12. The van der Waals surface area contributed by atoms with Gasteiger partial charge in [0.1, 0.15) is 0 Å². The highest BCUT2D eigenvalue weighted by molar-refractivity contribution is 7.07. The van der Waals surface area contributed by atoms with Gasteiger partial charge in [-0.1, -0.05) is 19.3 Å². The summed E-state index contributed by atoms with van der Waals surface area (Å²) < 4.78 is 0. The van der Waals surface area contributed by atoms with E-state index in [2.05, 4.69) is 21.7 Å². The SMILES string of the molecule is O=C(CCc1ccsc1)N1CCCCCCC1. The van der Waals surface area contributed by atoms with Gasteiger partial charge in [-0.25, -0.2) is 0 Å². The van der Waals surface area contributed by atoms with Crippen LogP contribution in [0.1, 0.15) is 44.1 Å². The Balaban J connectivity index is 1.77. The van der Waals surface area contributed by atoms with E-state index in [1.54, 1.807) is 11.3 Å². The molecule has 1 fully saturated rings. The van der Waals surface area contributed by atoms with Gasteiger partial charge in [0.25, 0.3) is 0 Å². The summed E-state index contributed by atoms with van der Waals surface area (Å²) in [7, 11) is 0. The van der Waals surface area contributed by atoms with Crippen molar-refractivity contribution in [2.75, 3.05) is 13.1 Å². The smallest absolute Gasteiger partial charge is 0.222 e. The average Bonchev–Trinajstić information content (AvgIpc) is 2.78. The quantitative estimate of drug-likeness (QED) is 0.805. The second-order valence-electron chi connectivity index (χ2n) is 4.78. The number of thiophene rings is 1. The number of rotatable bonds is 3. The number of hydrogen-bond acceptors (Lipinski definition) is 2. The largest absolute Gasteiger partial charge is 0.343 e. The molecule has 17 heavy (non-hydrogen) atoms. The Kier molecular flexibility index (Phi) is 5.05. The molecule has 0 atom stereocenters. The van der Waals surface area contributed by atoms with Crippen LogP contribution in [0.25, 0.3) is 0 Å². The molecule has 1 saturated heterocycles. The Morgan fingerprint density at radius 3 is 2.53 bits per heavy atom. The van der Waals surface area contributed by atoms with Crippen LogP contribution in [0.3, 0.4) is 0 Å². The molecular weight excluding hydrogens is 230 g/mol. The summed E-state index contributed by atoms with van der Waals surface area (Å²) in [5.74, 6) is 0.345. The number of hydrogen-bond donors (Lipinski definition) is 0. The molecule has 94 valence electrons. The van der Waals surface area contributed by atoms with Crippen molar-refractivity contribution in [3.8, 4) is 0 Å². The van der Waals surface area contributed by atoms with Crippen LogP contribution >= 0.6 is 11.3 Å². The number of nitrogens with zero attached hydrogens (tertiary/aromatic N) is 1. The molecule has 1 aliphatic heterocycles. The van der Waals surface area contributed by atoms with Crippen molar-refractivity contribution < 1.29 is 4.79 Å². The van der Waals surface area contributed by atoms with Crippen molar-refractivity contribution in [1.82, 2.24) is 4.90 Å². The number of aryl methyl sites for hydroxylation is 1. The Hall–Kier alpha value is -0.830. The van der Waals surface area contributed by atoms with Crippen LogP contribution in [-0.4, -0.2) is 23.9 Å². The van der Waals surface area contributed by atoms with Crippen molar-refractivity contribution in [3.05, 3.63) is 22.4 Å². The van der Waals surface area contributed by atoms with E-state index in [9.17, 15) is 4.79 Å². The molecule has 2 rings (SSSR count). The molecule has 1 aliphatic rings. The van der Waals surface area contributed by atoms with Crippen LogP contribution < -0.4 is 0 Å². The van der Waals surface area contributed by atoms with Crippen molar-refractivity contribution in [3.63, 3.8) is 0 Å². The van der Waals surface area contributed by atoms with Gasteiger partial charge in [0.05, 0.1) is 0 Å². The van der Waals surface area contributed by atoms with Gasteiger partial charge in [0, 0.05) is 19.5 Å². The lowest BCUT2D eigenvalue weighted by atomic mass is 10.1. The molecular formula is C14H21NOS. The zero-order valence-electron chi connectivity index (χ0n) is 10.4. The van der Waals surface area contributed by atoms with E-state index in [-0.39, 0.29) is 0 Å². The fourth-order valence-electron chi connectivity index (χ4n) is 2.34. The van der Waals surface area contributed by atoms with Gasteiger partial charge in [-0.15, -0.1) is 0 Å². The first kappa shape index (κ1) is 12.6. The summed E-state index contributed by atoms with van der Waals surface area (Å²) in [6.45, 7) is 1.95. The Bertz CT molecular complexity index is 326. The van der Waals surface area contributed by atoms with Gasteiger partial charge in [0.15, 0.2) is 0 Å². The summed E-state index contributed by atoms with van der Waals surface area (Å²) in [4.78, 5) is 14.2. The molecule has 2 nitrogen and oxygen atoms in total. The van der Waals surface area contributed by atoms with Crippen LogP contribution in [0.15, 0.2) is 16.8 Å². The molecule has 3 heteroatoms. The first-order valence-corrected chi connectivity index (χ1v) is 7.59. The van der Waals surface area contributed by atoms with E-state index in [0.29, 0.717) is 12.3 Å². The van der Waals surface area contributed by atoms with E-state index in [4.69, 9.17) is 0 Å². The molecule has 1 amide bonds. The molecule has 2 heterocycles. The zero-order chi connectivity index (χ0) is 11.9. The molecule has 0 aromatic carbocycles. The first-order valence-electron chi connectivity index (χ1n) is 6.65. The molecule has 0 aliphatic carbocycles. The molecule has 1 aromatic heterocycles. The molecule has 0 N–H and O–H groups in total. The van der Waals surface area contributed by atoms with Crippen molar-refractivity contribution in [1.29, 1.82) is 0 Å². The number of amides is 1. The highest BCUT2D eigenvalue weighted by Crippen LogP contribution is 2.13. The van der Waals surface area contributed by atoms with Gasteiger partial charge in [-0.3, -0.25) is 4.79 Å². The lowest BCUT2D eigenvalue weighted by Crippen LogP contribution is -2.33. The normalized spacial score (nSPS) is 17.5. The zero-order valence-corrected chi connectivity index (χ0v) is 11.2. The highest BCUT2D eigenvalue weighted by atomic mass is 32.1. The van der Waals surface area contributed by atoms with E-state index >= 15 is 0 Å². The topological polar surface area (TPSA) is 20.3 Å². The predicted molar refractivity (Wildman–Crippen MR) is 72.3 cm³/mol. The van der Waals surface area contributed by atoms with E-state index in [1.807, 2.05) is 0 Å². The van der Waals surface area contributed by atoms with Crippen LogP contribution in [-0.2, 0) is 11.2 Å². The number of carbonyl (C=O) groups excluding carboxylic acids is 1. The van der Waals surface area contributed by atoms with E-state index < -0.39 is 0 Å². The fraction of sp³-hybridized carbons (Fsp3) is 0.643. The first-order chi connectivity index (χ1) is 8.36. The maximum Gasteiger partial charge on any atom is 0.222 e. The molecule has 0 unspecified atom stereocenters. The van der Waals surface area contributed by atoms with Crippen molar-refractivity contribution in [2.24, 2.45) is 0 Å². The minimum absolute atomic E-state index is 0.345. The van der Waals surface area contributed by atoms with Crippen LogP contribution in [0, 0.1) is 0 Å². The van der Waals surface area contributed by atoms with Gasteiger partial charge in [-0.2, -0.15) is 11.3 Å². The fourth-order valence-corrected chi connectivity index (χ4v) is 3.04. The van der Waals surface area contributed by atoms with Gasteiger partial charge in [0.2, 0.25) is 5.91 Å². The molecule has 0 spiro atoms. The maximum absolute atomic E-state index is 12.1. The van der Waals surface area contributed by atoms with E-state index in [1.165, 1.54) is 37.7 Å². The highest BCUT2D eigenvalue weighted by Gasteiger charge is 2.14. The minimum Gasteiger partial charge on any atom is -0.343 e. The lowest BCUT2D eigenvalue weighted by molar-refractivity contribution is -0.131. The van der Waals surface area contributed by atoms with Gasteiger partial charge < -0.3 is 4.90 Å². The van der Waals surface area contributed by atoms with Crippen LogP contribution in [0.5, 0.6) is 0 Å². The Morgan fingerprint density at radius 1 is 1.18 bits per heavy atom. The number of likely N-dealkylation sites (tertiary alicyclic amines) is 1. The second kappa shape index (κ2) is 6.80. The third-order valence-corrected chi connectivity index (χ3v) is 4.15. The molecule has 0 bridgehead atoms. The van der Waals surface area contributed by atoms with Gasteiger partial charge in [-0.05, 0) is 41.7 Å². The van der Waals surface area contributed by atoms with Crippen molar-refractivity contribution >= 4 is 17.2 Å². The standard InChI is InChI=1S/C14H21NOS/c16-14(7-6-13-8-11-17-12-13)15-9-4-2-1-3-5-10-15/h8,11-12H,1-7,9-10H2. The van der Waals surface area contributed by atoms with Gasteiger partial charge >= 0.3 is 0 Å². The van der Waals surface area contributed by atoms with Crippen LogP contribution in [0.4, 0.5) is 0 Å². The minimum atomic E-state index is 0.345. The third kappa shape index (κ3) is 4.15. The second-order valence-corrected chi connectivity index (χ2v) is 5.56.